The number of ketones is 2. The molecular weight excluding hydrogens is 1470 g/mol. The summed E-state index contributed by atoms with van der Waals surface area (Å²) in [6.45, 7) is 16.5. The second-order valence-electron chi connectivity index (χ2n) is 28.8. The van der Waals surface area contributed by atoms with Gasteiger partial charge in [0.05, 0.1) is 24.4 Å². The molecule has 0 bridgehead atoms. The zero-order valence-electron chi connectivity index (χ0n) is 65.1. The molecule has 115 heavy (non-hydrogen) atoms. The number of Topliss-reactive ketones (excluding diaryl/α,β-unsaturated/α-hetero) is 2. The van der Waals surface area contributed by atoms with Crippen LogP contribution in [0.15, 0.2) is 225 Å². The van der Waals surface area contributed by atoms with E-state index in [0.29, 0.717) is 33.5 Å². The number of aliphatic carboxylic acids is 2. The number of carboxylic acids is 3. The first kappa shape index (κ1) is 87.1. The number of likely N-dealkylation sites (N-methyl/N-ethyl adjacent to an activating group) is 1. The maximum atomic E-state index is 15.8. The first-order valence-electron chi connectivity index (χ1n) is 37.5. The molecule has 8 rings (SSSR count). The average Bonchev–Trinajstić information content (AvgIpc) is 0.838. The number of allylic oxidation sites excluding steroid dienone is 1. The van der Waals surface area contributed by atoms with Crippen molar-refractivity contribution in [2.45, 2.75) is 123 Å². The lowest BCUT2D eigenvalue weighted by atomic mass is 9.84. The molecule has 25 heteroatoms. The lowest BCUT2D eigenvalue weighted by molar-refractivity contribution is -0.142. The van der Waals surface area contributed by atoms with Gasteiger partial charge >= 0.3 is 17.9 Å². The van der Waals surface area contributed by atoms with E-state index in [-0.39, 0.29) is 74.0 Å². The van der Waals surface area contributed by atoms with E-state index in [1.807, 2.05) is 56.3 Å². The van der Waals surface area contributed by atoms with E-state index < -0.39 is 132 Å². The van der Waals surface area contributed by atoms with Crippen LogP contribution >= 0.6 is 0 Å². The lowest BCUT2D eigenvalue weighted by Gasteiger charge is -2.31. The fourth-order valence-corrected chi connectivity index (χ4v) is 12.9. The number of carbonyl (C=O) groups excluding carboxylic acids is 10. The van der Waals surface area contributed by atoms with Gasteiger partial charge in [-0.1, -0.05) is 196 Å². The molecule has 0 aromatic heterocycles. The van der Waals surface area contributed by atoms with E-state index in [4.69, 9.17) is 4.74 Å². The third-order valence-electron chi connectivity index (χ3n) is 19.3. The number of anilines is 1. The monoisotopic (exact) mass is 1560 g/mol. The molecule has 598 valence electrons. The average molecular weight is 1560 g/mol. The maximum absolute atomic E-state index is 15.8. The number of nitrogens with one attached hydrogen (secondary N) is 7. The fourth-order valence-electron chi connectivity index (χ4n) is 12.9. The highest BCUT2D eigenvalue weighted by molar-refractivity contribution is 6.05. The van der Waals surface area contributed by atoms with Gasteiger partial charge in [0.2, 0.25) is 47.3 Å². The van der Waals surface area contributed by atoms with Gasteiger partial charge in [0.15, 0.2) is 12.4 Å². The fraction of sp³-hybridized carbons (Fsp3) is 0.278. The smallest absolute Gasteiger partial charge is 0.341 e. The molecule has 0 aliphatic rings. The van der Waals surface area contributed by atoms with Gasteiger partial charge in [-0.05, 0) is 137 Å². The number of hydrogen-bond acceptors (Lipinski definition) is 14. The predicted molar refractivity (Wildman–Crippen MR) is 435 cm³/mol. The number of amides is 8. The Bertz CT molecular complexity index is 4840. The lowest BCUT2D eigenvalue weighted by Crippen LogP contribution is -2.60. The molecule has 8 aromatic carbocycles. The van der Waals surface area contributed by atoms with Gasteiger partial charge in [0.1, 0.15) is 47.8 Å². The Morgan fingerprint density at radius 1 is 0.470 bits per heavy atom. The van der Waals surface area contributed by atoms with Gasteiger partial charge in [0.25, 0.3) is 0 Å². The Balaban J connectivity index is 1.16. The molecule has 0 aliphatic carbocycles. The Kier molecular flexibility index (Phi) is 31.6. The minimum absolute atomic E-state index is 0.0504. The van der Waals surface area contributed by atoms with Crippen molar-refractivity contribution in [3.05, 3.63) is 264 Å². The van der Waals surface area contributed by atoms with Gasteiger partial charge in [-0.3, -0.25) is 52.7 Å². The summed E-state index contributed by atoms with van der Waals surface area (Å²) in [4.78, 5) is 180. The molecule has 8 amide bonds. The van der Waals surface area contributed by atoms with Gasteiger partial charge < -0.3 is 62.2 Å². The number of nitrogens with zero attached hydrogens (tertiary/aromatic N) is 1. The van der Waals surface area contributed by atoms with Crippen LogP contribution in [0.4, 0.5) is 5.69 Å². The zero-order valence-corrected chi connectivity index (χ0v) is 65.1. The molecule has 8 atom stereocenters. The predicted octanol–water partition coefficient (Wildman–Crippen LogP) is 9.67. The van der Waals surface area contributed by atoms with Crippen LogP contribution in [0.2, 0.25) is 0 Å². The van der Waals surface area contributed by atoms with Crippen LogP contribution in [0, 0.1) is 24.7 Å². The highest BCUT2D eigenvalue weighted by atomic mass is 16.5. The van der Waals surface area contributed by atoms with Gasteiger partial charge in [-0.15, -0.1) is 6.58 Å². The summed E-state index contributed by atoms with van der Waals surface area (Å²) in [5, 5.41) is 48.4. The van der Waals surface area contributed by atoms with Gasteiger partial charge in [0, 0.05) is 56.8 Å². The van der Waals surface area contributed by atoms with Crippen LogP contribution < -0.4 is 42.0 Å². The van der Waals surface area contributed by atoms with E-state index >= 15 is 24.0 Å². The Hall–Kier alpha value is -13.5. The summed E-state index contributed by atoms with van der Waals surface area (Å²) in [5.74, 6) is -13.9. The van der Waals surface area contributed by atoms with E-state index in [2.05, 4.69) is 50.4 Å². The Morgan fingerprint density at radius 3 is 1.36 bits per heavy atom. The first-order valence-corrected chi connectivity index (χ1v) is 37.5. The number of ether oxygens (including phenoxy) is 1. The quantitative estimate of drug-likeness (QED) is 0.0126. The van der Waals surface area contributed by atoms with Crippen LogP contribution in [0.25, 0.3) is 33.4 Å². The summed E-state index contributed by atoms with van der Waals surface area (Å²) in [5.41, 5.74) is 8.29. The summed E-state index contributed by atoms with van der Waals surface area (Å²) in [7, 11) is 1.33. The number of rotatable bonds is 41. The molecule has 25 nitrogen and oxygen atoms in total. The molecular formula is C90H96N8O17. The van der Waals surface area contributed by atoms with Crippen LogP contribution in [0.5, 0.6) is 5.75 Å². The number of aryl methyl sites for hydroxylation is 1. The van der Waals surface area contributed by atoms with Crippen LogP contribution in [-0.4, -0.2) is 153 Å². The second-order valence-corrected chi connectivity index (χ2v) is 28.8. The van der Waals surface area contributed by atoms with Crippen LogP contribution in [0.1, 0.15) is 91.2 Å². The van der Waals surface area contributed by atoms with Crippen molar-refractivity contribution >= 4 is 82.4 Å². The zero-order chi connectivity index (χ0) is 83.6. The maximum Gasteiger partial charge on any atom is 0.341 e. The standard InChI is InChI=1S/C90H96N8O17/c1-10-64(45-59-19-27-67(28-20-59)69-33-35-71(36-34-69)90(113)114)82(105)56(6)74(50-80(101)102)84(107)94-78(49-63-16-14-15-54(4)44-63)87(110)95-76(46-61-23-31-68(32-24-61)70-37-39-72(40-38-70)92-58(8)100)86(109)96-77(47-60-21-29-66(30-22-60)65-17-12-11-13-18-65)88(111)97-79(48-62-25-41-73(42-26-62)115-52-81(103)104)89(112)98(9)57(7)83(106)93-75(43-53(2)3)85(108)91-51-55(5)99/h10-42,44,53,57,64,74-79H,1,6,43,45-52H2,2-5,7-9H3,(H,91,108)(H,92,100)(H,93,106)(H,94,107)(H,95,110)(H,96,109)(H,97,111)(H,101,102)(H,103,104)(H,113,114)/t57-,64-,74+,75+,76-,77-,78-,79-/m0/s1. The minimum atomic E-state index is -1.76. The van der Waals surface area contributed by atoms with Gasteiger partial charge in [-0.2, -0.15) is 0 Å². The SMILES string of the molecule is C=C[C@@H](Cc1ccc(-c2ccc(C(=O)O)cc2)cc1)C(=O)C(=C)[C@@H](CC(=O)O)C(=O)N[C@@H](Cc1cccc(C)c1)C(=O)N[C@@H](Cc1ccc(-c2ccc(NC(C)=O)cc2)cc1)C(=O)N[C@@H](Cc1ccc(-c2ccccc2)cc1)C(=O)N[C@@H](Cc1ccc(OCC(=O)O)cc1)C(=O)N(C)[C@@H](C)C(=O)N[C@H](CC(C)C)C(=O)NCC(C)=O. The topological polar surface area (TPSA) is 379 Å². The Morgan fingerprint density at radius 2 is 0.904 bits per heavy atom. The molecule has 0 unspecified atom stereocenters. The molecule has 0 aliphatic heterocycles. The van der Waals surface area contributed by atoms with Crippen molar-refractivity contribution < 1.29 is 82.4 Å². The highest BCUT2D eigenvalue weighted by Gasteiger charge is 2.38. The summed E-state index contributed by atoms with van der Waals surface area (Å²) in [6.07, 6.45) is -0.415. The largest absolute Gasteiger partial charge is 0.482 e. The number of carboxylic acid groups (broad SMARTS) is 3. The van der Waals surface area contributed by atoms with E-state index in [0.717, 1.165) is 43.8 Å². The molecule has 0 fully saturated rings. The van der Waals surface area contributed by atoms with Crippen LogP contribution in [-0.2, 0) is 89.6 Å². The Labute approximate surface area is 667 Å². The van der Waals surface area contributed by atoms with Crippen molar-refractivity contribution in [3.63, 3.8) is 0 Å². The van der Waals surface area contributed by atoms with Crippen molar-refractivity contribution in [3.8, 4) is 39.1 Å². The molecule has 8 aromatic rings. The van der Waals surface area contributed by atoms with Crippen molar-refractivity contribution in [1.82, 2.24) is 36.8 Å². The number of hydrogen-bond donors (Lipinski definition) is 10. The second kappa shape index (κ2) is 41.7. The summed E-state index contributed by atoms with van der Waals surface area (Å²) >= 11 is 0. The summed E-state index contributed by atoms with van der Waals surface area (Å²) in [6, 6.07) is 48.2. The van der Waals surface area contributed by atoms with E-state index in [9.17, 15) is 53.7 Å². The first-order chi connectivity index (χ1) is 54.8. The normalized spacial score (nSPS) is 13.0. The van der Waals surface area contributed by atoms with E-state index in [1.54, 1.807) is 140 Å². The third kappa shape index (κ3) is 26.3. The minimum Gasteiger partial charge on any atom is -0.482 e. The third-order valence-corrected chi connectivity index (χ3v) is 19.3. The number of benzene rings is 8. The molecule has 0 saturated heterocycles. The molecule has 0 saturated carbocycles. The van der Waals surface area contributed by atoms with Gasteiger partial charge in [-0.25, -0.2) is 9.59 Å². The molecule has 0 radical (unpaired) electrons. The summed E-state index contributed by atoms with van der Waals surface area (Å²) < 4.78 is 5.38. The van der Waals surface area contributed by atoms with Crippen molar-refractivity contribution in [2.24, 2.45) is 17.8 Å². The molecule has 10 N–H and O–H groups in total. The van der Waals surface area contributed by atoms with Crippen molar-refractivity contribution in [1.29, 1.82) is 0 Å². The number of carbonyl (C=O) groups is 13. The highest BCUT2D eigenvalue weighted by Crippen LogP contribution is 2.28. The van der Waals surface area contributed by atoms with Crippen LogP contribution in [0.3, 0.4) is 0 Å². The number of aromatic carboxylic acids is 1. The molecule has 0 spiro atoms. The van der Waals surface area contributed by atoms with Crippen molar-refractivity contribution in [2.75, 3.05) is 25.5 Å². The van der Waals surface area contributed by atoms with E-state index in [1.165, 1.54) is 58.2 Å². The molecule has 0 heterocycles.